The maximum absolute atomic E-state index is 13.0. The second kappa shape index (κ2) is 8.10. The number of terminal acetylenes is 1. The van der Waals surface area contributed by atoms with Crippen molar-refractivity contribution < 1.29 is 9.47 Å². The highest BCUT2D eigenvalue weighted by atomic mass is 16.5. The Kier molecular flexibility index (Phi) is 5.59. The van der Waals surface area contributed by atoms with Crippen molar-refractivity contribution in [3.05, 3.63) is 51.7 Å². The third-order valence-corrected chi connectivity index (χ3v) is 4.69. The van der Waals surface area contributed by atoms with Gasteiger partial charge in [-0.15, -0.1) is 13.0 Å². The van der Waals surface area contributed by atoms with E-state index in [9.17, 15) is 9.59 Å². The molecule has 8 nitrogen and oxygen atoms in total. The van der Waals surface area contributed by atoms with Gasteiger partial charge in [-0.05, 0) is 24.6 Å². The number of imidazole rings is 1. The standard InChI is InChI=1S/C21H22N4O4/c1-6-8-12-24-19-17(20(26)25(11-7-2)21(24)27)23(3)18(22-19)14-9-10-15(28-4)16(13-14)29-5/h2,6,9-10,13H,1,8,11-12H2,3-5H3. The summed E-state index contributed by atoms with van der Waals surface area (Å²) < 4.78 is 14.8. The lowest BCUT2D eigenvalue weighted by Gasteiger charge is -2.10. The summed E-state index contributed by atoms with van der Waals surface area (Å²) in [6.45, 7) is 3.93. The van der Waals surface area contributed by atoms with E-state index in [0.29, 0.717) is 47.0 Å². The van der Waals surface area contributed by atoms with E-state index in [0.717, 1.165) is 4.57 Å². The lowest BCUT2D eigenvalue weighted by atomic mass is 10.2. The molecule has 0 saturated carbocycles. The van der Waals surface area contributed by atoms with Gasteiger partial charge in [-0.2, -0.15) is 0 Å². The Morgan fingerprint density at radius 2 is 1.93 bits per heavy atom. The van der Waals surface area contributed by atoms with Crippen LogP contribution in [0.2, 0.25) is 0 Å². The van der Waals surface area contributed by atoms with Crippen molar-refractivity contribution in [1.82, 2.24) is 18.7 Å². The first-order valence-electron chi connectivity index (χ1n) is 8.95. The van der Waals surface area contributed by atoms with Crippen molar-refractivity contribution in [2.24, 2.45) is 7.05 Å². The average molecular weight is 394 g/mol. The molecule has 0 spiro atoms. The zero-order valence-corrected chi connectivity index (χ0v) is 16.6. The van der Waals surface area contributed by atoms with Crippen LogP contribution in [0.25, 0.3) is 22.6 Å². The fourth-order valence-corrected chi connectivity index (χ4v) is 3.25. The lowest BCUT2D eigenvalue weighted by molar-refractivity contribution is 0.355. The van der Waals surface area contributed by atoms with E-state index in [1.807, 2.05) is 6.07 Å². The van der Waals surface area contributed by atoms with E-state index in [2.05, 4.69) is 17.5 Å². The van der Waals surface area contributed by atoms with Crippen LogP contribution in [-0.2, 0) is 20.1 Å². The average Bonchev–Trinajstić information content (AvgIpc) is 3.07. The summed E-state index contributed by atoms with van der Waals surface area (Å²) in [5, 5.41) is 0. The Hall–Kier alpha value is -3.73. The molecule has 3 aromatic rings. The third-order valence-electron chi connectivity index (χ3n) is 4.69. The number of fused-ring (bicyclic) bond motifs is 1. The maximum atomic E-state index is 13.0. The molecule has 150 valence electrons. The van der Waals surface area contributed by atoms with Crippen LogP contribution in [0.4, 0.5) is 0 Å². The largest absolute Gasteiger partial charge is 0.493 e. The van der Waals surface area contributed by atoms with Crippen LogP contribution < -0.4 is 20.7 Å². The van der Waals surface area contributed by atoms with Crippen molar-refractivity contribution in [2.45, 2.75) is 19.5 Å². The molecule has 0 radical (unpaired) electrons. The summed E-state index contributed by atoms with van der Waals surface area (Å²) in [5.41, 5.74) is 0.363. The van der Waals surface area contributed by atoms with Crippen molar-refractivity contribution in [3.8, 4) is 35.2 Å². The minimum atomic E-state index is -0.487. The van der Waals surface area contributed by atoms with Crippen molar-refractivity contribution in [1.29, 1.82) is 0 Å². The number of hydrogen-bond donors (Lipinski definition) is 0. The van der Waals surface area contributed by atoms with Gasteiger partial charge in [0.25, 0.3) is 5.56 Å². The molecule has 0 unspecified atom stereocenters. The van der Waals surface area contributed by atoms with Gasteiger partial charge in [0.2, 0.25) is 0 Å². The molecule has 3 rings (SSSR count). The van der Waals surface area contributed by atoms with Crippen molar-refractivity contribution in [3.63, 3.8) is 0 Å². The fourth-order valence-electron chi connectivity index (χ4n) is 3.25. The van der Waals surface area contributed by atoms with Gasteiger partial charge in [0.15, 0.2) is 22.7 Å². The number of aromatic nitrogens is 4. The smallest absolute Gasteiger partial charge is 0.333 e. The van der Waals surface area contributed by atoms with Gasteiger partial charge < -0.3 is 14.0 Å². The van der Waals surface area contributed by atoms with E-state index < -0.39 is 11.2 Å². The molecule has 0 N–H and O–H groups in total. The first-order valence-corrected chi connectivity index (χ1v) is 8.95. The maximum Gasteiger partial charge on any atom is 0.333 e. The van der Waals surface area contributed by atoms with Crippen LogP contribution in [-0.4, -0.2) is 32.9 Å². The Bertz CT molecular complexity index is 1240. The Labute approximate surface area is 167 Å². The molecule has 0 atom stereocenters. The predicted octanol–water partition coefficient (Wildman–Crippen LogP) is 1.79. The predicted molar refractivity (Wildman–Crippen MR) is 111 cm³/mol. The summed E-state index contributed by atoms with van der Waals surface area (Å²) in [6, 6.07) is 5.34. The fraction of sp³-hybridized carbons (Fsp3) is 0.286. The lowest BCUT2D eigenvalue weighted by Crippen LogP contribution is -2.40. The molecule has 0 bridgehead atoms. The second-order valence-electron chi connectivity index (χ2n) is 6.34. The monoisotopic (exact) mass is 394 g/mol. The van der Waals surface area contributed by atoms with Crippen LogP contribution in [0.5, 0.6) is 11.5 Å². The van der Waals surface area contributed by atoms with Gasteiger partial charge in [-0.1, -0.05) is 12.0 Å². The van der Waals surface area contributed by atoms with Gasteiger partial charge in [-0.3, -0.25) is 9.36 Å². The number of rotatable bonds is 7. The van der Waals surface area contributed by atoms with Crippen molar-refractivity contribution >= 4 is 11.2 Å². The number of hydrogen-bond acceptors (Lipinski definition) is 5. The molecule has 0 aliphatic carbocycles. The first kappa shape index (κ1) is 20.0. The van der Waals surface area contributed by atoms with Crippen LogP contribution in [0.15, 0.2) is 40.4 Å². The van der Waals surface area contributed by atoms with Gasteiger partial charge >= 0.3 is 5.69 Å². The Morgan fingerprint density at radius 3 is 2.55 bits per heavy atom. The van der Waals surface area contributed by atoms with Gasteiger partial charge in [0.05, 0.1) is 20.8 Å². The van der Waals surface area contributed by atoms with E-state index in [1.54, 1.807) is 44.0 Å². The van der Waals surface area contributed by atoms with E-state index >= 15 is 0 Å². The van der Waals surface area contributed by atoms with Crippen molar-refractivity contribution in [2.75, 3.05) is 14.2 Å². The molecule has 1 aromatic carbocycles. The molecule has 8 heteroatoms. The van der Waals surface area contributed by atoms with Gasteiger partial charge in [-0.25, -0.2) is 14.3 Å². The topological polar surface area (TPSA) is 80.3 Å². The quantitative estimate of drug-likeness (QED) is 0.451. The molecule has 0 fully saturated rings. The number of methoxy groups -OCH3 is 2. The Balaban J connectivity index is 2.35. The summed E-state index contributed by atoms with van der Waals surface area (Å²) in [5.74, 6) is 4.00. The normalized spacial score (nSPS) is 10.7. The van der Waals surface area contributed by atoms with Crippen LogP contribution >= 0.6 is 0 Å². The highest BCUT2D eigenvalue weighted by Gasteiger charge is 2.21. The number of nitrogens with zero attached hydrogens (tertiary/aromatic N) is 4. The second-order valence-corrected chi connectivity index (χ2v) is 6.34. The Morgan fingerprint density at radius 1 is 1.21 bits per heavy atom. The third kappa shape index (κ3) is 3.31. The molecule has 0 aliphatic rings. The highest BCUT2D eigenvalue weighted by Crippen LogP contribution is 2.32. The zero-order chi connectivity index (χ0) is 21.1. The zero-order valence-electron chi connectivity index (χ0n) is 16.6. The number of benzene rings is 1. The van der Waals surface area contributed by atoms with Gasteiger partial charge in [0.1, 0.15) is 5.82 Å². The van der Waals surface area contributed by atoms with E-state index in [1.165, 1.54) is 4.57 Å². The summed E-state index contributed by atoms with van der Waals surface area (Å²) in [7, 11) is 4.83. The van der Waals surface area contributed by atoms with Crippen LogP contribution in [0.3, 0.4) is 0 Å². The molecule has 2 heterocycles. The summed E-state index contributed by atoms with van der Waals surface area (Å²) in [4.78, 5) is 30.5. The number of aryl methyl sites for hydroxylation is 2. The molecular weight excluding hydrogens is 372 g/mol. The molecule has 0 saturated heterocycles. The molecule has 0 amide bonds. The van der Waals surface area contributed by atoms with E-state index in [4.69, 9.17) is 15.9 Å². The first-order chi connectivity index (χ1) is 14.0. The minimum Gasteiger partial charge on any atom is -0.493 e. The molecule has 2 aromatic heterocycles. The molecule has 0 aliphatic heterocycles. The number of ether oxygens (including phenoxy) is 2. The van der Waals surface area contributed by atoms with E-state index in [-0.39, 0.29) is 6.54 Å². The summed E-state index contributed by atoms with van der Waals surface area (Å²) >= 11 is 0. The van der Waals surface area contributed by atoms with Gasteiger partial charge in [0, 0.05) is 19.2 Å². The minimum absolute atomic E-state index is 0.113. The number of allylic oxidation sites excluding steroid dienone is 1. The van der Waals surface area contributed by atoms with Crippen LogP contribution in [0, 0.1) is 12.3 Å². The molecule has 29 heavy (non-hydrogen) atoms. The summed E-state index contributed by atoms with van der Waals surface area (Å²) in [6.07, 6.45) is 7.61. The highest BCUT2D eigenvalue weighted by molar-refractivity contribution is 5.77. The van der Waals surface area contributed by atoms with Crippen LogP contribution in [0.1, 0.15) is 6.42 Å². The molecular formula is C21H22N4O4. The SMILES string of the molecule is C#CCn1c(=O)c2c(nc(-c3ccc(OC)c(OC)c3)n2C)n(CCC=C)c1=O.